The van der Waals surface area contributed by atoms with Gasteiger partial charge in [0.15, 0.2) is 0 Å². The number of benzene rings is 1. The molecule has 0 unspecified atom stereocenters. The molecule has 0 N–H and O–H groups in total. The molecule has 1 aromatic heterocycles. The third kappa shape index (κ3) is 2.16. The molecule has 0 amide bonds. The Labute approximate surface area is 134 Å². The number of halogens is 1. The predicted octanol–water partition coefficient (Wildman–Crippen LogP) is 3.03. The van der Waals surface area contributed by atoms with Gasteiger partial charge in [0.2, 0.25) is 5.16 Å². The fourth-order valence-corrected chi connectivity index (χ4v) is 5.64. The minimum Gasteiger partial charge on any atom is -0.312 e. The average molecular weight is 340 g/mol. The van der Waals surface area contributed by atoms with E-state index >= 15 is 0 Å². The van der Waals surface area contributed by atoms with Crippen molar-refractivity contribution < 1.29 is 8.42 Å². The molecule has 118 valence electrons. The average Bonchev–Trinajstić information content (AvgIpc) is 2.88. The second-order valence-electron chi connectivity index (χ2n) is 6.09. The molecule has 1 aliphatic heterocycles. The molecule has 1 saturated carbocycles. The van der Waals surface area contributed by atoms with Crippen LogP contribution in [0.2, 0.25) is 5.02 Å². The van der Waals surface area contributed by atoms with Crippen LogP contribution in [0.4, 0.5) is 0 Å². The maximum absolute atomic E-state index is 13.0. The lowest BCUT2D eigenvalue weighted by atomic mass is 9.95. The molecule has 2 aromatic rings. The summed E-state index contributed by atoms with van der Waals surface area (Å²) in [6.45, 7) is 1.17. The Morgan fingerprint density at radius 1 is 1.14 bits per heavy atom. The van der Waals surface area contributed by atoms with Gasteiger partial charge in [0, 0.05) is 24.2 Å². The van der Waals surface area contributed by atoms with E-state index in [1.807, 2.05) is 0 Å². The molecule has 0 radical (unpaired) electrons. The van der Waals surface area contributed by atoms with E-state index in [-0.39, 0.29) is 11.2 Å². The number of hydrogen-bond acceptors (Lipinski definition) is 3. The van der Waals surface area contributed by atoms with Crippen molar-refractivity contribution in [3.8, 4) is 0 Å². The predicted molar refractivity (Wildman–Crippen MR) is 85.5 cm³/mol. The fraction of sp³-hybridized carbons (Fsp3) is 0.533. The highest BCUT2D eigenvalue weighted by Gasteiger charge is 2.39. The molecule has 0 saturated heterocycles. The Morgan fingerprint density at radius 2 is 1.91 bits per heavy atom. The molecule has 5 nitrogen and oxygen atoms in total. The minimum absolute atomic E-state index is 0.135. The van der Waals surface area contributed by atoms with Gasteiger partial charge in [-0.3, -0.25) is 0 Å². The number of fused-ring (bicyclic) bond motifs is 3. The van der Waals surface area contributed by atoms with Crippen LogP contribution in [0.3, 0.4) is 0 Å². The molecule has 1 aliphatic carbocycles. The number of hydrogen-bond donors (Lipinski definition) is 0. The summed E-state index contributed by atoms with van der Waals surface area (Å²) in [6, 6.07) is 5.45. The highest BCUT2D eigenvalue weighted by molar-refractivity contribution is 7.89. The molecule has 1 aromatic carbocycles. The summed E-state index contributed by atoms with van der Waals surface area (Å²) >= 11 is 6.04. The van der Waals surface area contributed by atoms with Crippen molar-refractivity contribution in [1.82, 2.24) is 13.9 Å². The van der Waals surface area contributed by atoms with Crippen LogP contribution in [0, 0.1) is 0 Å². The monoisotopic (exact) mass is 339 g/mol. The Balaban J connectivity index is 1.81. The van der Waals surface area contributed by atoms with Crippen LogP contribution >= 0.6 is 11.6 Å². The summed E-state index contributed by atoms with van der Waals surface area (Å²) in [5.74, 6) is 0. The molecule has 7 heteroatoms. The van der Waals surface area contributed by atoms with Gasteiger partial charge in [-0.2, -0.15) is 4.31 Å². The summed E-state index contributed by atoms with van der Waals surface area (Å²) in [4.78, 5) is 4.37. The van der Waals surface area contributed by atoms with Crippen molar-refractivity contribution in [2.75, 3.05) is 6.54 Å². The van der Waals surface area contributed by atoms with Crippen LogP contribution < -0.4 is 0 Å². The highest BCUT2D eigenvalue weighted by Crippen LogP contribution is 2.32. The number of rotatable bonds is 1. The van der Waals surface area contributed by atoms with Crippen molar-refractivity contribution >= 4 is 32.7 Å². The number of sulfonamides is 1. The largest absolute Gasteiger partial charge is 0.312 e. The lowest BCUT2D eigenvalue weighted by Crippen LogP contribution is -2.47. The van der Waals surface area contributed by atoms with E-state index in [0.29, 0.717) is 23.6 Å². The highest BCUT2D eigenvalue weighted by atomic mass is 35.5. The van der Waals surface area contributed by atoms with E-state index < -0.39 is 10.0 Å². The molecule has 4 rings (SSSR count). The lowest BCUT2D eigenvalue weighted by molar-refractivity contribution is 0.233. The van der Waals surface area contributed by atoms with E-state index in [2.05, 4.69) is 4.98 Å². The summed E-state index contributed by atoms with van der Waals surface area (Å²) in [7, 11) is -3.52. The molecule has 0 atom stereocenters. The van der Waals surface area contributed by atoms with Crippen LogP contribution in [-0.2, 0) is 16.6 Å². The quantitative estimate of drug-likeness (QED) is 0.802. The van der Waals surface area contributed by atoms with E-state index in [1.165, 1.54) is 6.42 Å². The minimum atomic E-state index is -3.52. The summed E-state index contributed by atoms with van der Waals surface area (Å²) in [6.07, 6.45) is 5.36. The van der Waals surface area contributed by atoms with Crippen LogP contribution in [-0.4, -0.2) is 34.9 Å². The van der Waals surface area contributed by atoms with E-state index in [1.54, 1.807) is 27.1 Å². The first-order valence-electron chi connectivity index (χ1n) is 7.75. The van der Waals surface area contributed by atoms with Gasteiger partial charge in [0.25, 0.3) is 10.0 Å². The van der Waals surface area contributed by atoms with Gasteiger partial charge < -0.3 is 4.57 Å². The number of aromatic nitrogens is 2. The van der Waals surface area contributed by atoms with E-state index in [0.717, 1.165) is 31.2 Å². The third-order valence-electron chi connectivity index (χ3n) is 4.74. The maximum atomic E-state index is 13.0. The second kappa shape index (κ2) is 5.22. The zero-order valence-corrected chi connectivity index (χ0v) is 13.8. The van der Waals surface area contributed by atoms with Gasteiger partial charge in [-0.05, 0) is 31.0 Å². The zero-order valence-electron chi connectivity index (χ0n) is 12.2. The van der Waals surface area contributed by atoms with E-state index in [9.17, 15) is 8.42 Å². The van der Waals surface area contributed by atoms with Gasteiger partial charge >= 0.3 is 0 Å². The fourth-order valence-electron chi connectivity index (χ4n) is 3.66. The molecule has 22 heavy (non-hydrogen) atoms. The molecule has 0 bridgehead atoms. The van der Waals surface area contributed by atoms with Crippen molar-refractivity contribution in [1.29, 1.82) is 0 Å². The SMILES string of the molecule is O=S1(=O)c2nc3ccc(Cl)cc3n2CCN1C1CCCCC1. The second-order valence-corrected chi connectivity index (χ2v) is 8.31. The maximum Gasteiger partial charge on any atom is 0.277 e. The Hall–Kier alpha value is -1.11. The smallest absolute Gasteiger partial charge is 0.277 e. The summed E-state index contributed by atoms with van der Waals surface area (Å²) < 4.78 is 29.4. The van der Waals surface area contributed by atoms with E-state index in [4.69, 9.17) is 11.6 Å². The third-order valence-corrected chi connectivity index (χ3v) is 6.85. The van der Waals surface area contributed by atoms with Crippen molar-refractivity contribution in [3.05, 3.63) is 23.2 Å². The molecular weight excluding hydrogens is 322 g/mol. The Bertz CT molecular complexity index is 825. The van der Waals surface area contributed by atoms with Crippen molar-refractivity contribution in [2.45, 2.75) is 49.8 Å². The Kier molecular flexibility index (Phi) is 3.43. The van der Waals surface area contributed by atoms with Gasteiger partial charge in [-0.1, -0.05) is 30.9 Å². The summed E-state index contributed by atoms with van der Waals surface area (Å²) in [5.41, 5.74) is 1.49. The molecular formula is C15H18ClN3O2S. The van der Waals surface area contributed by atoms with Gasteiger partial charge in [-0.25, -0.2) is 13.4 Å². The van der Waals surface area contributed by atoms with Gasteiger partial charge in [0.1, 0.15) is 0 Å². The first kappa shape index (κ1) is 14.5. The standard InChI is InChI=1S/C15H18ClN3O2S/c16-11-6-7-13-14(10-11)18-8-9-19(12-4-2-1-3-5-12)22(20,21)15(18)17-13/h6-7,10,12H,1-5,8-9H2. The number of imidazole rings is 1. The Morgan fingerprint density at radius 3 is 2.68 bits per heavy atom. The van der Waals surface area contributed by atoms with Crippen LogP contribution in [0.15, 0.2) is 23.4 Å². The molecule has 0 spiro atoms. The van der Waals surface area contributed by atoms with Gasteiger partial charge in [-0.15, -0.1) is 0 Å². The zero-order chi connectivity index (χ0) is 15.3. The first-order chi connectivity index (χ1) is 10.6. The van der Waals surface area contributed by atoms with Crippen molar-refractivity contribution in [3.63, 3.8) is 0 Å². The first-order valence-corrected chi connectivity index (χ1v) is 9.57. The molecule has 2 aliphatic rings. The van der Waals surface area contributed by atoms with Gasteiger partial charge in [0.05, 0.1) is 11.0 Å². The summed E-state index contributed by atoms with van der Waals surface area (Å²) in [5, 5.41) is 0.767. The van der Waals surface area contributed by atoms with Crippen LogP contribution in [0.1, 0.15) is 32.1 Å². The van der Waals surface area contributed by atoms with Crippen LogP contribution in [0.25, 0.3) is 11.0 Å². The van der Waals surface area contributed by atoms with Crippen LogP contribution in [0.5, 0.6) is 0 Å². The number of nitrogens with zero attached hydrogens (tertiary/aromatic N) is 3. The van der Waals surface area contributed by atoms with Crippen molar-refractivity contribution in [2.24, 2.45) is 0 Å². The lowest BCUT2D eigenvalue weighted by Gasteiger charge is -2.35. The molecule has 1 fully saturated rings. The normalized spacial score (nSPS) is 22.8. The molecule has 2 heterocycles. The topological polar surface area (TPSA) is 55.2 Å².